The topological polar surface area (TPSA) is 96.4 Å². The maximum Gasteiger partial charge on any atom is 0.337 e. The Bertz CT molecular complexity index is 871. The lowest BCUT2D eigenvalue weighted by atomic mass is 9.98. The van der Waals surface area contributed by atoms with Crippen molar-refractivity contribution >= 4 is 18.1 Å². The van der Waals surface area contributed by atoms with Gasteiger partial charge < -0.3 is 4.74 Å². The monoisotopic (exact) mass is 410 g/mol. The van der Waals surface area contributed by atoms with E-state index in [1.807, 2.05) is 0 Å². The van der Waals surface area contributed by atoms with Gasteiger partial charge in [0.15, 0.2) is 5.69 Å². The van der Waals surface area contributed by atoms with Crippen molar-refractivity contribution < 1.29 is 14.3 Å². The van der Waals surface area contributed by atoms with E-state index in [4.69, 9.17) is 0 Å². The van der Waals surface area contributed by atoms with Crippen molar-refractivity contribution in [2.24, 2.45) is 5.10 Å². The highest BCUT2D eigenvalue weighted by Gasteiger charge is 2.19. The van der Waals surface area contributed by atoms with Gasteiger partial charge in [-0.3, -0.25) is 9.89 Å². The normalized spacial score (nSPS) is 15.6. The number of aryl methyl sites for hydroxylation is 1. The zero-order chi connectivity index (χ0) is 21.2. The predicted molar refractivity (Wildman–Crippen MR) is 116 cm³/mol. The molecule has 0 atom stereocenters. The Morgan fingerprint density at radius 2 is 1.63 bits per heavy atom. The van der Waals surface area contributed by atoms with Gasteiger partial charge in [-0.15, -0.1) is 0 Å². The number of benzene rings is 1. The Morgan fingerprint density at radius 1 is 1.00 bits per heavy atom. The molecule has 1 aliphatic carbocycles. The van der Waals surface area contributed by atoms with Crippen molar-refractivity contribution in [1.82, 2.24) is 15.6 Å². The summed E-state index contributed by atoms with van der Waals surface area (Å²) in [5, 5.41) is 11.4. The van der Waals surface area contributed by atoms with Crippen LogP contribution in [-0.2, 0) is 17.6 Å². The van der Waals surface area contributed by atoms with Crippen LogP contribution in [-0.4, -0.2) is 35.4 Å². The molecule has 1 aromatic heterocycles. The predicted octanol–water partition coefficient (Wildman–Crippen LogP) is 4.18. The van der Waals surface area contributed by atoms with Gasteiger partial charge in [0.05, 0.1) is 18.9 Å². The average molecular weight is 411 g/mol. The van der Waals surface area contributed by atoms with E-state index in [1.165, 1.54) is 51.8 Å². The fourth-order valence-electron chi connectivity index (χ4n) is 3.77. The van der Waals surface area contributed by atoms with Crippen molar-refractivity contribution in [2.75, 3.05) is 7.11 Å². The summed E-state index contributed by atoms with van der Waals surface area (Å²) >= 11 is 0. The molecular formula is C23H30N4O3. The number of carbonyl (C=O) groups is 2. The summed E-state index contributed by atoms with van der Waals surface area (Å²) in [4.78, 5) is 24.1. The number of carbonyl (C=O) groups excluding carboxylic acids is 2. The van der Waals surface area contributed by atoms with Crippen LogP contribution in [0.3, 0.4) is 0 Å². The van der Waals surface area contributed by atoms with E-state index in [9.17, 15) is 9.59 Å². The summed E-state index contributed by atoms with van der Waals surface area (Å²) in [6, 6.07) is 6.79. The highest BCUT2D eigenvalue weighted by Crippen LogP contribution is 2.20. The van der Waals surface area contributed by atoms with Crippen LogP contribution >= 0.6 is 0 Å². The molecule has 7 heteroatoms. The third-order valence-corrected chi connectivity index (χ3v) is 5.48. The van der Waals surface area contributed by atoms with E-state index < -0.39 is 0 Å². The molecule has 1 amide bonds. The average Bonchev–Trinajstić information content (AvgIpc) is 3.16. The van der Waals surface area contributed by atoms with E-state index in [0.29, 0.717) is 11.3 Å². The van der Waals surface area contributed by atoms with Crippen LogP contribution < -0.4 is 5.43 Å². The third kappa shape index (κ3) is 6.02. The maximum atomic E-state index is 12.7. The van der Waals surface area contributed by atoms with Crippen LogP contribution in [0.5, 0.6) is 0 Å². The number of methoxy groups -OCH3 is 1. The largest absolute Gasteiger partial charge is 0.465 e. The molecule has 0 bridgehead atoms. The van der Waals surface area contributed by atoms with Crippen LogP contribution in [0.1, 0.15) is 89.0 Å². The quantitative estimate of drug-likeness (QED) is 0.449. The summed E-state index contributed by atoms with van der Waals surface area (Å²) in [5.74, 6) is -0.693. The number of hydrazone groups is 1. The lowest BCUT2D eigenvalue weighted by molar-refractivity contribution is 0.0600. The number of fused-ring (bicyclic) bond motifs is 1. The molecule has 1 aliphatic rings. The first-order chi connectivity index (χ1) is 14.7. The van der Waals surface area contributed by atoms with Crippen molar-refractivity contribution in [3.8, 4) is 0 Å². The van der Waals surface area contributed by atoms with Crippen molar-refractivity contribution in [1.29, 1.82) is 0 Å². The highest BCUT2D eigenvalue weighted by atomic mass is 16.5. The van der Waals surface area contributed by atoms with Gasteiger partial charge in [-0.2, -0.15) is 10.2 Å². The van der Waals surface area contributed by atoms with Crippen molar-refractivity contribution in [3.05, 3.63) is 52.3 Å². The summed E-state index contributed by atoms with van der Waals surface area (Å²) in [5.41, 5.74) is 6.37. The standard InChI is InChI=1S/C23H30N4O3/c1-30-23(29)18-14-12-17(13-15-18)16-24-27-22(28)21-19-10-8-6-4-2-3-5-7-9-11-20(19)25-26-21/h12-16H,2-11H2,1H3,(H,25,26)(H,27,28). The number of H-pyrrole nitrogens is 1. The second-order valence-electron chi connectivity index (χ2n) is 7.67. The fraction of sp³-hybridized carbons (Fsp3) is 0.478. The van der Waals surface area contributed by atoms with E-state index >= 15 is 0 Å². The smallest absolute Gasteiger partial charge is 0.337 e. The SMILES string of the molecule is COC(=O)c1ccc(C=NNC(=O)c2n[nH]c3c2CCCCCCCCCC3)cc1. The van der Waals surface area contributed by atoms with Gasteiger partial charge in [0.25, 0.3) is 5.91 Å². The maximum absolute atomic E-state index is 12.7. The number of nitrogens with one attached hydrogen (secondary N) is 2. The number of hydrogen-bond donors (Lipinski definition) is 2. The van der Waals surface area contributed by atoms with Crippen LogP contribution in [0.25, 0.3) is 0 Å². The van der Waals surface area contributed by atoms with Gasteiger partial charge in [0, 0.05) is 11.3 Å². The van der Waals surface area contributed by atoms with Gasteiger partial charge in [-0.1, -0.05) is 50.7 Å². The Kier molecular flexibility index (Phi) is 8.18. The zero-order valence-corrected chi connectivity index (χ0v) is 17.6. The molecule has 0 unspecified atom stereocenters. The second kappa shape index (κ2) is 11.3. The third-order valence-electron chi connectivity index (χ3n) is 5.48. The molecule has 3 rings (SSSR count). The van der Waals surface area contributed by atoms with Gasteiger partial charge >= 0.3 is 5.97 Å². The molecule has 0 spiro atoms. The van der Waals surface area contributed by atoms with E-state index in [1.54, 1.807) is 24.3 Å². The second-order valence-corrected chi connectivity index (χ2v) is 7.67. The zero-order valence-electron chi connectivity index (χ0n) is 17.6. The Hall–Kier alpha value is -2.96. The number of rotatable bonds is 4. The van der Waals surface area contributed by atoms with Gasteiger partial charge in [0.2, 0.25) is 0 Å². The lowest BCUT2D eigenvalue weighted by Crippen LogP contribution is -2.20. The Balaban J connectivity index is 1.63. The number of esters is 1. The van der Waals surface area contributed by atoms with E-state index in [-0.39, 0.29) is 11.9 Å². The first-order valence-corrected chi connectivity index (χ1v) is 10.8. The molecule has 2 N–H and O–H groups in total. The molecule has 30 heavy (non-hydrogen) atoms. The number of amides is 1. The van der Waals surface area contributed by atoms with Gasteiger partial charge in [0.1, 0.15) is 0 Å². The molecular weight excluding hydrogens is 380 g/mol. The van der Waals surface area contributed by atoms with Gasteiger partial charge in [-0.25, -0.2) is 10.2 Å². The molecule has 0 saturated heterocycles. The number of ether oxygens (including phenoxy) is 1. The number of nitrogens with zero attached hydrogens (tertiary/aromatic N) is 2. The molecule has 1 aromatic carbocycles. The number of hydrogen-bond acceptors (Lipinski definition) is 5. The molecule has 0 saturated carbocycles. The summed E-state index contributed by atoms with van der Waals surface area (Å²) < 4.78 is 4.68. The summed E-state index contributed by atoms with van der Waals surface area (Å²) in [6.45, 7) is 0. The van der Waals surface area contributed by atoms with Crippen LogP contribution in [0.15, 0.2) is 29.4 Å². The first-order valence-electron chi connectivity index (χ1n) is 10.8. The molecule has 0 aliphatic heterocycles. The Labute approximate surface area is 177 Å². The molecule has 2 aromatic rings. The van der Waals surface area contributed by atoms with Crippen LogP contribution in [0.2, 0.25) is 0 Å². The summed E-state index contributed by atoms with van der Waals surface area (Å²) in [6.07, 6.45) is 13.1. The number of aromatic amines is 1. The minimum absolute atomic E-state index is 0.304. The highest BCUT2D eigenvalue weighted by molar-refractivity contribution is 5.95. The lowest BCUT2D eigenvalue weighted by Gasteiger charge is -2.08. The Morgan fingerprint density at radius 3 is 2.30 bits per heavy atom. The van der Waals surface area contributed by atoms with Crippen LogP contribution in [0, 0.1) is 0 Å². The van der Waals surface area contributed by atoms with Crippen molar-refractivity contribution in [2.45, 2.75) is 64.2 Å². The number of aromatic nitrogens is 2. The molecule has 7 nitrogen and oxygen atoms in total. The molecule has 0 radical (unpaired) electrons. The minimum atomic E-state index is -0.389. The molecule has 1 heterocycles. The molecule has 0 fully saturated rings. The van der Waals surface area contributed by atoms with Crippen molar-refractivity contribution in [3.63, 3.8) is 0 Å². The van der Waals surface area contributed by atoms with Gasteiger partial charge in [-0.05, 0) is 43.4 Å². The van der Waals surface area contributed by atoms with E-state index in [2.05, 4.69) is 25.5 Å². The first kappa shape index (κ1) is 21.7. The minimum Gasteiger partial charge on any atom is -0.465 e. The van der Waals surface area contributed by atoms with Crippen LogP contribution in [0.4, 0.5) is 0 Å². The fourth-order valence-corrected chi connectivity index (χ4v) is 3.77. The molecule has 160 valence electrons. The van der Waals surface area contributed by atoms with E-state index in [0.717, 1.165) is 42.5 Å². The summed E-state index contributed by atoms with van der Waals surface area (Å²) in [7, 11) is 1.34.